The maximum atomic E-state index is 13.9. The van der Waals surface area contributed by atoms with E-state index >= 15 is 0 Å². The highest BCUT2D eigenvalue weighted by molar-refractivity contribution is 9.11. The van der Waals surface area contributed by atoms with Crippen LogP contribution in [-0.4, -0.2) is 17.1 Å². The van der Waals surface area contributed by atoms with E-state index in [-0.39, 0.29) is 18.8 Å². The highest BCUT2D eigenvalue weighted by Gasteiger charge is 2.33. The van der Waals surface area contributed by atoms with E-state index in [2.05, 4.69) is 36.9 Å². The lowest BCUT2D eigenvalue weighted by Crippen LogP contribution is -2.39. The number of fused-ring (bicyclic) bond motifs is 1. The molecule has 2 heterocycles. The van der Waals surface area contributed by atoms with Gasteiger partial charge in [0.15, 0.2) is 4.80 Å². The van der Waals surface area contributed by atoms with E-state index in [1.165, 1.54) is 15.9 Å². The van der Waals surface area contributed by atoms with Gasteiger partial charge in [-0.1, -0.05) is 64.3 Å². The first-order valence-electron chi connectivity index (χ1n) is 12.6. The topological polar surface area (TPSA) is 69.9 Å². The Hall–Kier alpha value is -2.40. The van der Waals surface area contributed by atoms with Gasteiger partial charge in [0.1, 0.15) is 12.4 Å². The minimum Gasteiger partial charge on any atom is -0.486 e. The summed E-state index contributed by atoms with van der Waals surface area (Å²) in [5.41, 5.74) is 2.79. The van der Waals surface area contributed by atoms with Gasteiger partial charge in [-0.05, 0) is 99.3 Å². The number of nitrogens with zero attached hydrogens (tertiary/aromatic N) is 2. The van der Waals surface area contributed by atoms with E-state index < -0.39 is 12.0 Å². The molecule has 216 valence electrons. The van der Waals surface area contributed by atoms with E-state index in [1.54, 1.807) is 56.3 Å². The van der Waals surface area contributed by atoms with Gasteiger partial charge in [-0.2, -0.15) is 0 Å². The highest BCUT2D eigenvalue weighted by Crippen LogP contribution is 2.36. The Labute approximate surface area is 277 Å². The quantitative estimate of drug-likeness (QED) is 0.180. The molecule has 1 atom stereocenters. The molecule has 0 radical (unpaired) electrons. The summed E-state index contributed by atoms with van der Waals surface area (Å²) in [5.74, 6) is 0.0633. The highest BCUT2D eigenvalue weighted by atomic mass is 79.9. The van der Waals surface area contributed by atoms with Crippen molar-refractivity contribution in [1.82, 2.24) is 4.57 Å². The summed E-state index contributed by atoms with van der Waals surface area (Å²) in [5, 5.41) is 1.61. The first kappa shape index (κ1) is 31.0. The number of rotatable bonds is 7. The van der Waals surface area contributed by atoms with Crippen LogP contribution < -0.4 is 19.6 Å². The molecule has 42 heavy (non-hydrogen) atoms. The van der Waals surface area contributed by atoms with Crippen molar-refractivity contribution >= 4 is 90.0 Å². The Morgan fingerprint density at radius 1 is 1.05 bits per heavy atom. The standard InChI is InChI=1S/C30H21Br2Cl3N2O4S/c1-3-40-29(39)25-15(2)36-30-37(26(25)17-4-7-19(33)8-5-17)28(38)24(42-30)12-16-10-21(31)27(22(32)11-16)41-14-18-6-9-20(34)13-23(18)35/h4-13,26H,3,14H2,1-2H3/b24-12-/t26-/m0/s1. The monoisotopic (exact) mass is 768 g/mol. The third-order valence-corrected chi connectivity index (χ3v) is 9.41. The smallest absolute Gasteiger partial charge is 0.338 e. The van der Waals surface area contributed by atoms with E-state index in [9.17, 15) is 9.59 Å². The van der Waals surface area contributed by atoms with Gasteiger partial charge in [-0.15, -0.1) is 0 Å². The molecule has 0 unspecified atom stereocenters. The van der Waals surface area contributed by atoms with Gasteiger partial charge in [0.2, 0.25) is 0 Å². The first-order chi connectivity index (χ1) is 20.1. The molecule has 1 aromatic heterocycles. The number of hydrogen-bond acceptors (Lipinski definition) is 6. The number of esters is 1. The molecule has 0 amide bonds. The molecule has 3 aromatic carbocycles. The van der Waals surface area contributed by atoms with Crippen molar-refractivity contribution < 1.29 is 14.3 Å². The zero-order valence-electron chi connectivity index (χ0n) is 22.1. The van der Waals surface area contributed by atoms with Gasteiger partial charge in [0.25, 0.3) is 5.56 Å². The molecule has 0 spiro atoms. The zero-order valence-corrected chi connectivity index (χ0v) is 28.3. The second-order valence-corrected chi connectivity index (χ2v) is 13.2. The van der Waals surface area contributed by atoms with Gasteiger partial charge < -0.3 is 9.47 Å². The largest absolute Gasteiger partial charge is 0.486 e. The molecular formula is C30H21Br2Cl3N2O4S. The molecule has 6 nitrogen and oxygen atoms in total. The second-order valence-electron chi connectivity index (χ2n) is 9.19. The number of allylic oxidation sites excluding steroid dienone is 1. The van der Waals surface area contributed by atoms with E-state index in [4.69, 9.17) is 44.3 Å². The van der Waals surface area contributed by atoms with Crippen molar-refractivity contribution in [2.24, 2.45) is 4.99 Å². The Morgan fingerprint density at radius 2 is 1.71 bits per heavy atom. The van der Waals surface area contributed by atoms with Crippen LogP contribution in [-0.2, 0) is 16.1 Å². The molecule has 0 saturated carbocycles. The maximum absolute atomic E-state index is 13.9. The maximum Gasteiger partial charge on any atom is 0.338 e. The SMILES string of the molecule is CCOC(=O)C1=C(C)N=c2s/c(=C\c3cc(Br)c(OCc4ccc(Cl)cc4Cl)c(Br)c3)c(=O)n2[C@H]1c1ccc(Cl)cc1. The predicted molar refractivity (Wildman–Crippen MR) is 174 cm³/mol. The number of hydrogen-bond donors (Lipinski definition) is 0. The van der Waals surface area contributed by atoms with E-state index in [1.807, 2.05) is 18.2 Å². The van der Waals surface area contributed by atoms with Crippen LogP contribution in [0.5, 0.6) is 5.75 Å². The van der Waals surface area contributed by atoms with Gasteiger partial charge >= 0.3 is 5.97 Å². The van der Waals surface area contributed by atoms with E-state index in [0.717, 1.165) is 16.7 Å². The van der Waals surface area contributed by atoms with Crippen LogP contribution in [0.15, 0.2) is 84.6 Å². The molecule has 0 saturated heterocycles. The number of benzene rings is 3. The lowest BCUT2D eigenvalue weighted by atomic mass is 9.96. The van der Waals surface area contributed by atoms with Crippen molar-refractivity contribution in [2.75, 3.05) is 6.61 Å². The molecular weight excluding hydrogens is 751 g/mol. The minimum atomic E-state index is -0.714. The second kappa shape index (κ2) is 13.1. The molecule has 0 fully saturated rings. The summed E-state index contributed by atoms with van der Waals surface area (Å²) in [6.45, 7) is 3.91. The van der Waals surface area contributed by atoms with Crippen LogP contribution >= 0.6 is 78.0 Å². The van der Waals surface area contributed by atoms with Crippen LogP contribution in [0.3, 0.4) is 0 Å². The van der Waals surface area contributed by atoms with Gasteiger partial charge in [0.05, 0.1) is 37.4 Å². The van der Waals surface area contributed by atoms with Crippen LogP contribution in [0.1, 0.15) is 36.6 Å². The molecule has 0 aliphatic carbocycles. The fourth-order valence-electron chi connectivity index (χ4n) is 4.49. The number of carbonyl (C=O) groups excluding carboxylic acids is 1. The summed E-state index contributed by atoms with van der Waals surface area (Å²) in [4.78, 5) is 32.0. The van der Waals surface area contributed by atoms with Crippen molar-refractivity contribution in [3.8, 4) is 5.75 Å². The normalized spacial score (nSPS) is 14.9. The Bertz CT molecular complexity index is 1900. The lowest BCUT2D eigenvalue weighted by Gasteiger charge is -2.24. The molecule has 12 heteroatoms. The van der Waals surface area contributed by atoms with Gasteiger partial charge in [0, 0.05) is 20.6 Å². The summed E-state index contributed by atoms with van der Waals surface area (Å²) in [6.07, 6.45) is 1.78. The molecule has 4 aromatic rings. The molecule has 0 bridgehead atoms. The van der Waals surface area contributed by atoms with Crippen molar-refractivity contribution in [3.63, 3.8) is 0 Å². The third-order valence-electron chi connectivity index (χ3n) is 6.41. The number of halogens is 5. The Morgan fingerprint density at radius 3 is 2.36 bits per heavy atom. The molecule has 5 rings (SSSR count). The van der Waals surface area contributed by atoms with Crippen molar-refractivity contribution in [2.45, 2.75) is 26.5 Å². The first-order valence-corrected chi connectivity index (χ1v) is 16.1. The summed E-state index contributed by atoms with van der Waals surface area (Å²) >= 11 is 26.8. The van der Waals surface area contributed by atoms with Crippen LogP contribution in [0.4, 0.5) is 0 Å². The fraction of sp³-hybridized carbons (Fsp3) is 0.167. The fourth-order valence-corrected chi connectivity index (χ4v) is 7.58. The van der Waals surface area contributed by atoms with Crippen LogP contribution in [0.25, 0.3) is 6.08 Å². The van der Waals surface area contributed by atoms with Gasteiger partial charge in [-0.25, -0.2) is 9.79 Å². The van der Waals surface area contributed by atoms with E-state index in [0.29, 0.717) is 50.4 Å². The summed E-state index contributed by atoms with van der Waals surface area (Å²) < 4.78 is 14.7. The average molecular weight is 772 g/mol. The lowest BCUT2D eigenvalue weighted by molar-refractivity contribution is -0.139. The number of carbonyl (C=O) groups is 1. The summed E-state index contributed by atoms with van der Waals surface area (Å²) in [7, 11) is 0. The Balaban J connectivity index is 1.54. The Kier molecular flexibility index (Phi) is 9.66. The number of aromatic nitrogens is 1. The van der Waals surface area contributed by atoms with Crippen LogP contribution in [0, 0.1) is 0 Å². The molecule has 0 N–H and O–H groups in total. The van der Waals surface area contributed by atoms with Gasteiger partial charge in [-0.3, -0.25) is 9.36 Å². The zero-order chi connectivity index (χ0) is 30.1. The molecule has 1 aliphatic rings. The van der Waals surface area contributed by atoms with Crippen molar-refractivity contribution in [3.05, 3.63) is 126 Å². The minimum absolute atomic E-state index is 0.198. The number of ether oxygens (including phenoxy) is 2. The third kappa shape index (κ3) is 6.42. The molecule has 1 aliphatic heterocycles. The summed E-state index contributed by atoms with van der Waals surface area (Å²) in [6, 6.07) is 15.3. The average Bonchev–Trinajstić information content (AvgIpc) is 3.23. The predicted octanol–water partition coefficient (Wildman–Crippen LogP) is 7.86. The number of thiazole rings is 1. The van der Waals surface area contributed by atoms with Crippen molar-refractivity contribution in [1.29, 1.82) is 0 Å². The van der Waals surface area contributed by atoms with Crippen LogP contribution in [0.2, 0.25) is 15.1 Å².